The van der Waals surface area contributed by atoms with E-state index in [9.17, 15) is 4.21 Å². The molecule has 2 nitrogen and oxygen atoms in total. The van der Waals surface area contributed by atoms with Gasteiger partial charge in [-0.05, 0) is 12.2 Å². The Morgan fingerprint density at radius 1 is 1.67 bits per heavy atom. The van der Waals surface area contributed by atoms with E-state index in [1.807, 2.05) is 0 Å². The normalized spacial score (nSPS) is 17.3. The summed E-state index contributed by atoms with van der Waals surface area (Å²) < 4.78 is 10.2. The third-order valence-corrected chi connectivity index (χ3v) is 1.57. The summed E-state index contributed by atoms with van der Waals surface area (Å²) in [5.41, 5.74) is 6.20. The van der Waals surface area contributed by atoms with E-state index in [1.54, 1.807) is 18.2 Å². The van der Waals surface area contributed by atoms with Crippen LogP contribution in [0, 0.1) is 0 Å². The fourth-order valence-electron chi connectivity index (χ4n) is 0.655. The molecule has 9 heavy (non-hydrogen) atoms. The minimum atomic E-state index is 0.509. The number of nitrogens with two attached hydrogens (primary N) is 1. The van der Waals surface area contributed by atoms with Crippen LogP contribution in [0.1, 0.15) is 6.42 Å². The summed E-state index contributed by atoms with van der Waals surface area (Å²) in [6, 6.07) is 0. The van der Waals surface area contributed by atoms with Gasteiger partial charge >= 0.3 is 0 Å². The van der Waals surface area contributed by atoms with Crippen LogP contribution in [0.2, 0.25) is 0 Å². The van der Waals surface area contributed by atoms with Crippen molar-refractivity contribution in [3.8, 4) is 0 Å². The molecule has 0 radical (unpaired) electrons. The Morgan fingerprint density at radius 2 is 2.44 bits per heavy atom. The van der Waals surface area contributed by atoms with Gasteiger partial charge in [0.1, 0.15) is 0 Å². The third kappa shape index (κ3) is 1.54. The average molecular weight is 141 g/mol. The smallest absolute Gasteiger partial charge is 0.0924 e. The molecule has 1 aliphatic carbocycles. The molecule has 1 rings (SSSR count). The molecule has 48 valence electrons. The van der Waals surface area contributed by atoms with Gasteiger partial charge in [-0.1, -0.05) is 6.08 Å². The highest BCUT2D eigenvalue weighted by atomic mass is 32.1. The van der Waals surface area contributed by atoms with Gasteiger partial charge < -0.3 is 5.73 Å². The molecule has 0 unspecified atom stereocenters. The van der Waals surface area contributed by atoms with Gasteiger partial charge in [-0.15, -0.1) is 0 Å². The summed E-state index contributed by atoms with van der Waals surface area (Å²) in [5.74, 6) is 0. The first kappa shape index (κ1) is 6.29. The van der Waals surface area contributed by atoms with Crippen molar-refractivity contribution >= 4 is 16.1 Å². The van der Waals surface area contributed by atoms with Crippen LogP contribution in [0.15, 0.2) is 23.9 Å². The van der Waals surface area contributed by atoms with Crippen molar-refractivity contribution in [1.82, 2.24) is 0 Å². The number of allylic oxidation sites excluding steroid dienone is 4. The Hall–Kier alpha value is -0.830. The van der Waals surface area contributed by atoms with Gasteiger partial charge in [0.15, 0.2) is 0 Å². The first-order valence-corrected chi connectivity index (χ1v) is 3.35. The maximum Gasteiger partial charge on any atom is 0.0924 e. The van der Waals surface area contributed by atoms with Crippen LogP contribution in [0.5, 0.6) is 0 Å². The van der Waals surface area contributed by atoms with Crippen molar-refractivity contribution in [1.29, 1.82) is 0 Å². The summed E-state index contributed by atoms with van der Waals surface area (Å²) in [5, 5.41) is 0. The average Bonchev–Trinajstić information content (AvgIpc) is 1.88. The van der Waals surface area contributed by atoms with E-state index in [2.05, 4.69) is 0 Å². The van der Waals surface area contributed by atoms with E-state index in [1.165, 1.54) is 0 Å². The van der Waals surface area contributed by atoms with Crippen molar-refractivity contribution in [2.75, 3.05) is 0 Å². The Bertz CT molecular complexity index is 223. The van der Waals surface area contributed by atoms with Crippen molar-refractivity contribution in [2.24, 2.45) is 5.73 Å². The molecule has 0 aromatic carbocycles. The second kappa shape index (κ2) is 2.64. The molecule has 0 spiro atoms. The molecule has 0 amide bonds. The molecular formula is C6H7NOS. The molecule has 0 saturated carbocycles. The molecule has 0 aliphatic heterocycles. The lowest BCUT2D eigenvalue weighted by atomic mass is 10.1. The van der Waals surface area contributed by atoms with Crippen molar-refractivity contribution in [3.05, 3.63) is 23.9 Å². The monoisotopic (exact) mass is 141 g/mol. The van der Waals surface area contributed by atoms with Gasteiger partial charge in [0.2, 0.25) is 0 Å². The lowest BCUT2D eigenvalue weighted by molar-refractivity contribution is 0.701. The van der Waals surface area contributed by atoms with Crippen LogP contribution in [0.25, 0.3) is 0 Å². The van der Waals surface area contributed by atoms with E-state index in [0.29, 0.717) is 17.7 Å². The zero-order valence-corrected chi connectivity index (χ0v) is 5.65. The standard InChI is InChI=1S/C6H7NOS/c7-5-2-1-3-6(4-5)9-8/h1-3H,4,7H2. The van der Waals surface area contributed by atoms with Crippen LogP contribution in [-0.2, 0) is 11.3 Å². The van der Waals surface area contributed by atoms with Crippen molar-refractivity contribution < 1.29 is 4.21 Å². The molecule has 0 bridgehead atoms. The predicted octanol–water partition coefficient (Wildman–Crippen LogP) is 0.174. The van der Waals surface area contributed by atoms with Crippen LogP contribution < -0.4 is 5.73 Å². The molecule has 0 fully saturated rings. The zero-order valence-electron chi connectivity index (χ0n) is 4.83. The number of hydrogen-bond acceptors (Lipinski definition) is 2. The predicted molar refractivity (Wildman–Crippen MR) is 39.2 cm³/mol. The van der Waals surface area contributed by atoms with Gasteiger partial charge in [-0.3, -0.25) is 0 Å². The highest BCUT2D eigenvalue weighted by Gasteiger charge is 1.98. The first-order valence-electron chi connectivity index (χ1n) is 2.61. The van der Waals surface area contributed by atoms with Crippen LogP contribution >= 0.6 is 0 Å². The molecule has 2 N–H and O–H groups in total. The second-order valence-corrected chi connectivity index (χ2v) is 2.52. The van der Waals surface area contributed by atoms with Crippen molar-refractivity contribution in [3.63, 3.8) is 0 Å². The van der Waals surface area contributed by atoms with Gasteiger partial charge in [0.05, 0.1) is 16.1 Å². The Labute approximate surface area is 57.1 Å². The van der Waals surface area contributed by atoms with E-state index >= 15 is 0 Å². The molecule has 3 heteroatoms. The maximum absolute atomic E-state index is 10.2. The molecule has 0 heterocycles. The maximum atomic E-state index is 10.2. The lowest BCUT2D eigenvalue weighted by Gasteiger charge is -2.01. The van der Waals surface area contributed by atoms with E-state index < -0.39 is 0 Å². The fourth-order valence-corrected chi connectivity index (χ4v) is 1.02. The third-order valence-electron chi connectivity index (χ3n) is 1.08. The Balaban J connectivity index is 2.85. The molecule has 0 saturated heterocycles. The van der Waals surface area contributed by atoms with E-state index in [-0.39, 0.29) is 0 Å². The molecule has 0 aromatic heterocycles. The molecular weight excluding hydrogens is 134 g/mol. The summed E-state index contributed by atoms with van der Waals surface area (Å²) in [6.45, 7) is 0. The minimum absolute atomic E-state index is 0.509. The summed E-state index contributed by atoms with van der Waals surface area (Å²) in [6.07, 6.45) is 6.00. The highest BCUT2D eigenvalue weighted by Crippen LogP contribution is 2.01. The van der Waals surface area contributed by atoms with Crippen LogP contribution in [0.4, 0.5) is 0 Å². The summed E-state index contributed by atoms with van der Waals surface area (Å²) >= 11 is 0.509. The topological polar surface area (TPSA) is 43.1 Å². The number of hydrogen-bond donors (Lipinski definition) is 1. The highest BCUT2D eigenvalue weighted by molar-refractivity contribution is 7.66. The summed E-state index contributed by atoms with van der Waals surface area (Å²) in [4.78, 5) is 0.787. The van der Waals surface area contributed by atoms with E-state index in [4.69, 9.17) is 5.73 Å². The summed E-state index contributed by atoms with van der Waals surface area (Å²) in [7, 11) is 0. The SMILES string of the molecule is NC1=CC=CC(=S=O)C1. The fraction of sp³-hybridized carbons (Fsp3) is 0.167. The second-order valence-electron chi connectivity index (χ2n) is 1.83. The molecule has 0 aromatic rings. The molecule has 0 atom stereocenters. The molecule has 1 aliphatic rings. The minimum Gasteiger partial charge on any atom is -0.402 e. The Kier molecular flexibility index (Phi) is 1.85. The van der Waals surface area contributed by atoms with E-state index in [0.717, 1.165) is 10.6 Å². The number of rotatable bonds is 0. The Morgan fingerprint density at radius 3 is 2.89 bits per heavy atom. The zero-order chi connectivity index (χ0) is 6.69. The van der Waals surface area contributed by atoms with Gasteiger partial charge in [0, 0.05) is 12.1 Å². The van der Waals surface area contributed by atoms with Gasteiger partial charge in [-0.25, -0.2) is 4.21 Å². The largest absolute Gasteiger partial charge is 0.402 e. The van der Waals surface area contributed by atoms with Crippen LogP contribution in [0.3, 0.4) is 0 Å². The lowest BCUT2D eigenvalue weighted by Crippen LogP contribution is -2.06. The quantitative estimate of drug-likeness (QED) is 0.489. The van der Waals surface area contributed by atoms with Gasteiger partial charge in [0.25, 0.3) is 0 Å². The first-order chi connectivity index (χ1) is 4.33. The van der Waals surface area contributed by atoms with Crippen LogP contribution in [-0.4, -0.2) is 9.07 Å². The van der Waals surface area contributed by atoms with Crippen molar-refractivity contribution in [2.45, 2.75) is 6.42 Å². The van der Waals surface area contributed by atoms with Gasteiger partial charge in [-0.2, -0.15) is 0 Å².